The summed E-state index contributed by atoms with van der Waals surface area (Å²) in [6.07, 6.45) is 0. The number of esters is 1. The summed E-state index contributed by atoms with van der Waals surface area (Å²) in [6.45, 7) is 5.42. The third kappa shape index (κ3) is 6.09. The van der Waals surface area contributed by atoms with Gasteiger partial charge in [-0.2, -0.15) is 0 Å². The van der Waals surface area contributed by atoms with Crippen molar-refractivity contribution in [2.75, 3.05) is 27.3 Å². The highest BCUT2D eigenvalue weighted by Crippen LogP contribution is 2.16. The predicted molar refractivity (Wildman–Crippen MR) is 108 cm³/mol. The highest BCUT2D eigenvalue weighted by Gasteiger charge is 2.17. The first-order valence-electron chi connectivity index (χ1n) is 9.26. The van der Waals surface area contributed by atoms with Gasteiger partial charge in [-0.25, -0.2) is 4.79 Å². The van der Waals surface area contributed by atoms with Crippen LogP contribution in [-0.4, -0.2) is 50.1 Å². The summed E-state index contributed by atoms with van der Waals surface area (Å²) in [7, 11) is 3.25. The Hall–Kier alpha value is -2.86. The molecule has 0 bridgehead atoms. The maximum atomic E-state index is 12.4. The predicted octanol–water partition coefficient (Wildman–Crippen LogP) is 2.80. The number of nitrogens with zero attached hydrogens (tertiary/aromatic N) is 1. The summed E-state index contributed by atoms with van der Waals surface area (Å²) in [4.78, 5) is 25.8. The van der Waals surface area contributed by atoms with Gasteiger partial charge in [0.2, 0.25) is 5.91 Å². The minimum Gasteiger partial charge on any atom is -0.492 e. The van der Waals surface area contributed by atoms with E-state index in [4.69, 9.17) is 4.74 Å². The van der Waals surface area contributed by atoms with Crippen molar-refractivity contribution in [2.24, 2.45) is 0 Å². The van der Waals surface area contributed by atoms with E-state index in [0.29, 0.717) is 25.3 Å². The van der Waals surface area contributed by atoms with Gasteiger partial charge in [0.15, 0.2) is 0 Å². The van der Waals surface area contributed by atoms with Crippen LogP contribution in [0.2, 0.25) is 0 Å². The Morgan fingerprint density at radius 1 is 1.11 bits per heavy atom. The van der Waals surface area contributed by atoms with Crippen LogP contribution in [0, 0.1) is 6.92 Å². The van der Waals surface area contributed by atoms with Crippen molar-refractivity contribution in [1.29, 1.82) is 0 Å². The van der Waals surface area contributed by atoms with Crippen molar-refractivity contribution >= 4 is 11.9 Å². The van der Waals surface area contributed by atoms with E-state index < -0.39 is 0 Å². The molecule has 0 saturated carbocycles. The van der Waals surface area contributed by atoms with Crippen molar-refractivity contribution in [2.45, 2.75) is 26.4 Å². The molecular weight excluding hydrogens is 356 g/mol. The Morgan fingerprint density at radius 2 is 1.79 bits per heavy atom. The van der Waals surface area contributed by atoms with Crippen LogP contribution in [-0.2, 0) is 16.1 Å². The van der Waals surface area contributed by atoms with Crippen LogP contribution in [0.4, 0.5) is 0 Å². The lowest BCUT2D eigenvalue weighted by Gasteiger charge is -2.24. The summed E-state index contributed by atoms with van der Waals surface area (Å²) >= 11 is 0. The number of amides is 1. The number of likely N-dealkylation sites (N-methyl/N-ethyl adjacent to an activating group) is 1. The number of rotatable bonds is 9. The van der Waals surface area contributed by atoms with Gasteiger partial charge in [0.1, 0.15) is 12.4 Å². The highest BCUT2D eigenvalue weighted by atomic mass is 16.5. The Bertz CT molecular complexity index is 789. The second-order valence-corrected chi connectivity index (χ2v) is 6.68. The van der Waals surface area contributed by atoms with Crippen LogP contribution >= 0.6 is 0 Å². The molecule has 2 aromatic rings. The summed E-state index contributed by atoms with van der Waals surface area (Å²) in [5.41, 5.74) is 2.49. The Balaban J connectivity index is 1.76. The number of carbonyl (C=O) groups excluding carboxylic acids is 2. The fourth-order valence-corrected chi connectivity index (χ4v) is 2.63. The molecule has 2 rings (SSSR count). The van der Waals surface area contributed by atoms with Crippen molar-refractivity contribution < 1.29 is 19.1 Å². The molecule has 6 heteroatoms. The Morgan fingerprint density at radius 3 is 2.43 bits per heavy atom. The van der Waals surface area contributed by atoms with Gasteiger partial charge in [0.25, 0.3) is 0 Å². The largest absolute Gasteiger partial charge is 0.492 e. The first-order valence-corrected chi connectivity index (χ1v) is 9.26. The van der Waals surface area contributed by atoms with E-state index in [1.54, 1.807) is 24.3 Å². The van der Waals surface area contributed by atoms with Gasteiger partial charge in [0.05, 0.1) is 18.7 Å². The first kappa shape index (κ1) is 21.4. The summed E-state index contributed by atoms with van der Waals surface area (Å²) in [5, 5.41) is 2.92. The number of para-hydroxylation sites is 1. The smallest absolute Gasteiger partial charge is 0.337 e. The minimum absolute atomic E-state index is 0.0598. The number of hydrogen-bond donors (Lipinski definition) is 1. The van der Waals surface area contributed by atoms with Crippen molar-refractivity contribution in [1.82, 2.24) is 10.2 Å². The standard InChI is InChI=1S/C22H28N2O4/c1-16-7-5-6-8-20(16)28-14-13-24(3)17(2)21(25)23-15-18-9-11-19(12-10-18)22(26)27-4/h5-12,17H,13-15H2,1-4H3,(H,23,25). The summed E-state index contributed by atoms with van der Waals surface area (Å²) < 4.78 is 10.5. The third-order valence-electron chi connectivity index (χ3n) is 4.68. The van der Waals surface area contributed by atoms with Gasteiger partial charge in [-0.1, -0.05) is 30.3 Å². The zero-order valence-electron chi connectivity index (χ0n) is 16.9. The average molecular weight is 384 g/mol. The van der Waals surface area contributed by atoms with E-state index in [1.807, 2.05) is 50.1 Å². The Labute approximate surface area is 166 Å². The molecule has 0 fully saturated rings. The van der Waals surface area contributed by atoms with Gasteiger partial charge in [-0.05, 0) is 50.2 Å². The van der Waals surface area contributed by atoms with Crippen molar-refractivity contribution in [3.63, 3.8) is 0 Å². The highest BCUT2D eigenvalue weighted by molar-refractivity contribution is 5.89. The third-order valence-corrected chi connectivity index (χ3v) is 4.68. The van der Waals surface area contributed by atoms with Crippen LogP contribution in [0.25, 0.3) is 0 Å². The molecule has 1 N–H and O–H groups in total. The molecule has 0 aliphatic rings. The lowest BCUT2D eigenvalue weighted by molar-refractivity contribution is -0.125. The fourth-order valence-electron chi connectivity index (χ4n) is 2.63. The van der Waals surface area contributed by atoms with Crippen molar-refractivity contribution in [3.8, 4) is 5.75 Å². The van der Waals surface area contributed by atoms with Gasteiger partial charge >= 0.3 is 5.97 Å². The average Bonchev–Trinajstić information content (AvgIpc) is 2.72. The topological polar surface area (TPSA) is 67.9 Å². The monoisotopic (exact) mass is 384 g/mol. The van der Waals surface area contributed by atoms with Gasteiger partial charge < -0.3 is 14.8 Å². The number of aryl methyl sites for hydroxylation is 1. The Kier molecular flexibility index (Phi) is 8.02. The molecule has 0 aliphatic carbocycles. The molecule has 6 nitrogen and oxygen atoms in total. The molecule has 150 valence electrons. The first-order chi connectivity index (χ1) is 13.4. The van der Waals surface area contributed by atoms with Crippen LogP contribution in [0.3, 0.4) is 0 Å². The SMILES string of the molecule is COC(=O)c1ccc(CNC(=O)C(C)N(C)CCOc2ccccc2C)cc1. The van der Waals surface area contributed by atoms with Crippen molar-refractivity contribution in [3.05, 3.63) is 65.2 Å². The molecule has 1 unspecified atom stereocenters. The fraction of sp³-hybridized carbons (Fsp3) is 0.364. The molecule has 0 saturated heterocycles. The van der Waals surface area contributed by atoms with E-state index in [1.165, 1.54) is 7.11 Å². The maximum absolute atomic E-state index is 12.4. The van der Waals surface area contributed by atoms with E-state index >= 15 is 0 Å². The van der Waals surface area contributed by atoms with Gasteiger partial charge in [-0.15, -0.1) is 0 Å². The quantitative estimate of drug-likeness (QED) is 0.674. The molecule has 0 aromatic heterocycles. The molecule has 2 aromatic carbocycles. The maximum Gasteiger partial charge on any atom is 0.337 e. The zero-order chi connectivity index (χ0) is 20.5. The number of hydrogen-bond acceptors (Lipinski definition) is 5. The molecule has 1 amide bonds. The molecular formula is C22H28N2O4. The van der Waals surface area contributed by atoms with Crippen LogP contribution < -0.4 is 10.1 Å². The van der Waals surface area contributed by atoms with Gasteiger partial charge in [0, 0.05) is 13.1 Å². The van der Waals surface area contributed by atoms with Crippen LogP contribution in [0.1, 0.15) is 28.4 Å². The second kappa shape index (κ2) is 10.5. The van der Waals surface area contributed by atoms with E-state index in [0.717, 1.165) is 16.9 Å². The zero-order valence-corrected chi connectivity index (χ0v) is 16.9. The number of carbonyl (C=O) groups is 2. The summed E-state index contributed by atoms with van der Waals surface area (Å²) in [6, 6.07) is 14.6. The molecule has 0 heterocycles. The molecule has 0 spiro atoms. The van der Waals surface area contributed by atoms with E-state index in [9.17, 15) is 9.59 Å². The molecule has 0 aliphatic heterocycles. The van der Waals surface area contributed by atoms with Crippen LogP contribution in [0.15, 0.2) is 48.5 Å². The molecule has 0 radical (unpaired) electrons. The lowest BCUT2D eigenvalue weighted by atomic mass is 10.1. The molecule has 28 heavy (non-hydrogen) atoms. The molecule has 1 atom stereocenters. The number of benzene rings is 2. The second-order valence-electron chi connectivity index (χ2n) is 6.68. The summed E-state index contributed by atoms with van der Waals surface area (Å²) in [5.74, 6) is 0.428. The van der Waals surface area contributed by atoms with Gasteiger partial charge in [-0.3, -0.25) is 9.69 Å². The minimum atomic E-state index is -0.376. The van der Waals surface area contributed by atoms with E-state index in [2.05, 4.69) is 10.1 Å². The normalized spacial score (nSPS) is 11.8. The number of nitrogens with one attached hydrogen (secondary N) is 1. The van der Waals surface area contributed by atoms with E-state index in [-0.39, 0.29) is 17.9 Å². The number of ether oxygens (including phenoxy) is 2. The van der Waals surface area contributed by atoms with Crippen LogP contribution in [0.5, 0.6) is 5.75 Å². The lowest BCUT2D eigenvalue weighted by Crippen LogP contribution is -2.44. The number of methoxy groups -OCH3 is 1.